The Morgan fingerprint density at radius 2 is 1.55 bits per heavy atom. The third-order valence-corrected chi connectivity index (χ3v) is 4.09. The number of benzene rings is 2. The molecule has 0 bridgehead atoms. The van der Waals surface area contributed by atoms with Crippen LogP contribution in [0.15, 0.2) is 59.5 Å². The molecule has 2 atom stereocenters. The summed E-state index contributed by atoms with van der Waals surface area (Å²) in [4.78, 5) is 12.4. The van der Waals surface area contributed by atoms with E-state index in [2.05, 4.69) is 0 Å². The topological polar surface area (TPSA) is 80.4 Å². The predicted octanol–water partition coefficient (Wildman–Crippen LogP) is 1.15. The number of rotatable bonds is 4. The van der Waals surface area contributed by atoms with Crippen molar-refractivity contribution >= 4 is 16.7 Å². The lowest BCUT2D eigenvalue weighted by molar-refractivity contribution is -0.133. The van der Waals surface area contributed by atoms with Crippen LogP contribution in [-0.2, 0) is 21.2 Å². The van der Waals surface area contributed by atoms with E-state index in [1.165, 1.54) is 0 Å². The Morgan fingerprint density at radius 1 is 1.05 bits per heavy atom. The molecule has 0 aliphatic carbocycles. The van der Waals surface area contributed by atoms with Crippen LogP contribution in [0, 0.1) is 0 Å². The molecule has 3 N–H and O–H groups in total. The van der Waals surface area contributed by atoms with Gasteiger partial charge < -0.3 is 10.8 Å². The van der Waals surface area contributed by atoms with Gasteiger partial charge in [-0.1, -0.05) is 42.5 Å². The van der Waals surface area contributed by atoms with Gasteiger partial charge in [-0.2, -0.15) is 0 Å². The van der Waals surface area contributed by atoms with E-state index < -0.39 is 22.3 Å². The lowest BCUT2D eigenvalue weighted by Gasteiger charge is -2.25. The van der Waals surface area contributed by atoms with Crippen LogP contribution in [-0.4, -0.2) is 21.5 Å². The SMILES string of the molecule is CS(=O)c1ccc(C(O)(C(N)=O)c2ccccc2)cc1. The summed E-state index contributed by atoms with van der Waals surface area (Å²) < 4.78 is 11.4. The zero-order chi connectivity index (χ0) is 14.8. The van der Waals surface area contributed by atoms with Crippen molar-refractivity contribution in [2.24, 2.45) is 5.73 Å². The van der Waals surface area contributed by atoms with Crippen LogP contribution in [0.25, 0.3) is 0 Å². The van der Waals surface area contributed by atoms with E-state index in [0.29, 0.717) is 16.0 Å². The summed E-state index contributed by atoms with van der Waals surface area (Å²) in [5, 5.41) is 10.7. The zero-order valence-corrected chi connectivity index (χ0v) is 11.8. The average Bonchev–Trinajstić information content (AvgIpc) is 2.47. The molecule has 0 saturated carbocycles. The molecule has 2 rings (SSSR count). The molecule has 104 valence electrons. The van der Waals surface area contributed by atoms with E-state index in [9.17, 15) is 14.1 Å². The number of hydrogen-bond donors (Lipinski definition) is 2. The number of carbonyl (C=O) groups is 1. The molecule has 0 saturated heterocycles. The molecule has 2 aromatic carbocycles. The molecule has 0 fully saturated rings. The number of primary amides is 1. The molecule has 2 aromatic rings. The molecule has 0 radical (unpaired) electrons. The molecular formula is C15H15NO3S. The lowest BCUT2D eigenvalue weighted by Crippen LogP contribution is -2.42. The second-order valence-electron chi connectivity index (χ2n) is 4.42. The summed E-state index contributed by atoms with van der Waals surface area (Å²) in [6, 6.07) is 14.9. The van der Waals surface area contributed by atoms with Crippen molar-refractivity contribution in [2.45, 2.75) is 10.5 Å². The Kier molecular flexibility index (Phi) is 4.01. The van der Waals surface area contributed by atoms with E-state index in [-0.39, 0.29) is 0 Å². The van der Waals surface area contributed by atoms with Gasteiger partial charge in [-0.15, -0.1) is 0 Å². The van der Waals surface area contributed by atoms with Gasteiger partial charge in [0.15, 0.2) is 5.60 Å². The quantitative estimate of drug-likeness (QED) is 0.886. The van der Waals surface area contributed by atoms with Crippen LogP contribution in [0.1, 0.15) is 11.1 Å². The molecule has 0 aromatic heterocycles. The van der Waals surface area contributed by atoms with Crippen molar-refractivity contribution in [3.05, 3.63) is 65.7 Å². The Bertz CT molecular complexity index is 640. The lowest BCUT2D eigenvalue weighted by atomic mass is 9.86. The summed E-state index contributed by atoms with van der Waals surface area (Å²) in [5.41, 5.74) is 4.24. The average molecular weight is 289 g/mol. The van der Waals surface area contributed by atoms with Crippen LogP contribution in [0.2, 0.25) is 0 Å². The smallest absolute Gasteiger partial charge is 0.258 e. The summed E-state index contributed by atoms with van der Waals surface area (Å²) in [5.74, 6) is -0.853. The fraction of sp³-hybridized carbons (Fsp3) is 0.133. The summed E-state index contributed by atoms with van der Waals surface area (Å²) in [6.45, 7) is 0. The van der Waals surface area contributed by atoms with Crippen LogP contribution >= 0.6 is 0 Å². The van der Waals surface area contributed by atoms with Gasteiger partial charge in [0.2, 0.25) is 0 Å². The normalized spacial score (nSPS) is 15.3. The van der Waals surface area contributed by atoms with Crippen LogP contribution < -0.4 is 5.73 Å². The number of hydrogen-bond acceptors (Lipinski definition) is 3. The van der Waals surface area contributed by atoms with Gasteiger partial charge >= 0.3 is 0 Å². The van der Waals surface area contributed by atoms with Crippen molar-refractivity contribution < 1.29 is 14.1 Å². The van der Waals surface area contributed by atoms with Gasteiger partial charge in [0.1, 0.15) is 0 Å². The van der Waals surface area contributed by atoms with E-state index in [4.69, 9.17) is 5.73 Å². The van der Waals surface area contributed by atoms with Gasteiger partial charge in [-0.25, -0.2) is 0 Å². The molecule has 5 heteroatoms. The zero-order valence-electron chi connectivity index (χ0n) is 10.9. The molecule has 0 aliphatic rings. The Balaban J connectivity index is 2.54. The van der Waals surface area contributed by atoms with Crippen LogP contribution in [0.4, 0.5) is 0 Å². The highest BCUT2D eigenvalue weighted by atomic mass is 32.2. The Morgan fingerprint density at radius 3 is 2.00 bits per heavy atom. The fourth-order valence-corrected chi connectivity index (χ4v) is 2.54. The van der Waals surface area contributed by atoms with E-state index in [1.807, 2.05) is 0 Å². The highest BCUT2D eigenvalue weighted by Gasteiger charge is 2.37. The highest BCUT2D eigenvalue weighted by Crippen LogP contribution is 2.29. The van der Waals surface area contributed by atoms with Crippen LogP contribution in [0.5, 0.6) is 0 Å². The van der Waals surface area contributed by atoms with Crippen molar-refractivity contribution in [3.8, 4) is 0 Å². The van der Waals surface area contributed by atoms with Crippen molar-refractivity contribution in [3.63, 3.8) is 0 Å². The Labute approximate surface area is 119 Å². The minimum absolute atomic E-state index is 0.352. The summed E-state index contributed by atoms with van der Waals surface area (Å²) in [6.07, 6.45) is 1.56. The minimum atomic E-state index is -1.89. The third-order valence-electron chi connectivity index (χ3n) is 3.15. The van der Waals surface area contributed by atoms with Crippen LogP contribution in [0.3, 0.4) is 0 Å². The third kappa shape index (κ3) is 2.50. The van der Waals surface area contributed by atoms with E-state index in [1.54, 1.807) is 60.9 Å². The van der Waals surface area contributed by atoms with Gasteiger partial charge in [0.05, 0.1) is 0 Å². The van der Waals surface area contributed by atoms with E-state index in [0.717, 1.165) is 0 Å². The van der Waals surface area contributed by atoms with Crippen molar-refractivity contribution in [1.82, 2.24) is 0 Å². The molecule has 1 amide bonds. The number of aliphatic hydroxyl groups is 1. The predicted molar refractivity (Wildman–Crippen MR) is 77.4 cm³/mol. The number of carbonyl (C=O) groups excluding carboxylic acids is 1. The first-order chi connectivity index (χ1) is 9.46. The van der Waals surface area contributed by atoms with Gasteiger partial charge in [-0.3, -0.25) is 9.00 Å². The highest BCUT2D eigenvalue weighted by molar-refractivity contribution is 7.84. The van der Waals surface area contributed by atoms with Crippen molar-refractivity contribution in [2.75, 3.05) is 6.26 Å². The molecule has 2 unspecified atom stereocenters. The van der Waals surface area contributed by atoms with Gasteiger partial charge in [0.25, 0.3) is 5.91 Å². The summed E-state index contributed by atoms with van der Waals surface area (Å²) in [7, 11) is -1.12. The molecule has 0 aliphatic heterocycles. The second-order valence-corrected chi connectivity index (χ2v) is 5.80. The summed E-state index contributed by atoms with van der Waals surface area (Å²) >= 11 is 0. The maximum atomic E-state index is 11.8. The second kappa shape index (κ2) is 5.56. The van der Waals surface area contributed by atoms with Gasteiger partial charge in [0, 0.05) is 22.0 Å². The minimum Gasteiger partial charge on any atom is -0.372 e. The maximum absolute atomic E-state index is 11.8. The molecule has 4 nitrogen and oxygen atoms in total. The van der Waals surface area contributed by atoms with Gasteiger partial charge in [-0.05, 0) is 23.3 Å². The monoisotopic (exact) mass is 289 g/mol. The standard InChI is InChI=1S/C15H15NO3S/c1-20(19)13-9-7-12(8-10-13)15(18,14(16)17)11-5-3-2-4-6-11/h2-10,18H,1H3,(H2,16,17). The number of nitrogens with two attached hydrogens (primary N) is 1. The first kappa shape index (κ1) is 14.4. The fourth-order valence-electron chi connectivity index (χ4n) is 2.02. The number of amides is 1. The molecule has 0 spiro atoms. The largest absolute Gasteiger partial charge is 0.372 e. The Hall–Kier alpha value is -1.98. The first-order valence-corrected chi connectivity index (χ1v) is 7.54. The first-order valence-electron chi connectivity index (χ1n) is 5.98. The molecule has 20 heavy (non-hydrogen) atoms. The van der Waals surface area contributed by atoms with Crippen molar-refractivity contribution in [1.29, 1.82) is 0 Å². The molecule has 0 heterocycles. The molecular weight excluding hydrogens is 274 g/mol. The van der Waals surface area contributed by atoms with E-state index >= 15 is 0 Å². The maximum Gasteiger partial charge on any atom is 0.258 e.